The molecular weight excluding hydrogens is 782 g/mol. The van der Waals surface area contributed by atoms with E-state index in [1.807, 2.05) is 0 Å². The summed E-state index contributed by atoms with van der Waals surface area (Å²) in [6, 6.07) is 10.9. The lowest BCUT2D eigenvalue weighted by Gasteiger charge is -2.30. The fraction of sp³-hybridized carbons (Fsp3) is 0.421. The summed E-state index contributed by atoms with van der Waals surface area (Å²) in [6.07, 6.45) is -10.4. The van der Waals surface area contributed by atoms with Crippen molar-refractivity contribution >= 4 is 29.8 Å². The van der Waals surface area contributed by atoms with Crippen molar-refractivity contribution < 1.29 is 65.2 Å². The maximum atomic E-state index is 13.7. The van der Waals surface area contributed by atoms with Crippen LogP contribution in [0, 0.1) is 0 Å². The predicted octanol–water partition coefficient (Wildman–Crippen LogP) is 8.16. The number of ether oxygens (including phenoxy) is 2. The Morgan fingerprint density at radius 2 is 1.14 bits per heavy atom. The van der Waals surface area contributed by atoms with Crippen LogP contribution < -0.4 is 4.90 Å². The maximum absolute atomic E-state index is 13.7. The molecule has 2 aromatic heterocycles. The van der Waals surface area contributed by atoms with Gasteiger partial charge in [-0.05, 0) is 97.2 Å². The summed E-state index contributed by atoms with van der Waals surface area (Å²) in [4.78, 5) is 49.7. The summed E-state index contributed by atoms with van der Waals surface area (Å²) >= 11 is 0. The lowest BCUT2D eigenvalue weighted by molar-refractivity contribution is -0.142. The lowest BCUT2D eigenvalue weighted by atomic mass is 10.0. The van der Waals surface area contributed by atoms with Crippen LogP contribution in [0.3, 0.4) is 0 Å². The Morgan fingerprint density at radius 1 is 0.655 bits per heavy atom. The highest BCUT2D eigenvalue weighted by Gasteiger charge is 2.45. The number of carbonyl (C=O) groups excluding carboxylic acids is 2. The van der Waals surface area contributed by atoms with Crippen LogP contribution in [-0.4, -0.2) is 83.1 Å². The van der Waals surface area contributed by atoms with Crippen molar-refractivity contribution in [3.05, 3.63) is 88.0 Å². The zero-order chi connectivity index (χ0) is 43.1. The maximum Gasteiger partial charge on any atom is 0.437 e. The number of carboxylic acids is 2. The molecule has 2 amide bonds. The van der Waals surface area contributed by atoms with Crippen molar-refractivity contribution in [2.45, 2.75) is 90.9 Å². The van der Waals surface area contributed by atoms with E-state index >= 15 is 0 Å². The van der Waals surface area contributed by atoms with Crippen LogP contribution in [0.2, 0.25) is 0 Å². The third kappa shape index (κ3) is 9.71. The molecule has 2 aliphatic heterocycles. The van der Waals surface area contributed by atoms with Gasteiger partial charge in [-0.2, -0.15) is 36.5 Å². The van der Waals surface area contributed by atoms with Gasteiger partial charge in [-0.25, -0.2) is 28.5 Å². The van der Waals surface area contributed by atoms with Gasteiger partial charge < -0.3 is 24.6 Å². The number of hydrogen-bond donors (Lipinski definition) is 2. The molecule has 2 N–H and O–H groups in total. The van der Waals surface area contributed by atoms with Crippen molar-refractivity contribution in [3.8, 4) is 11.4 Å². The highest BCUT2D eigenvalue weighted by Crippen LogP contribution is 2.42. The van der Waals surface area contributed by atoms with Crippen molar-refractivity contribution in [1.82, 2.24) is 24.5 Å². The van der Waals surface area contributed by atoms with Gasteiger partial charge in [0, 0.05) is 18.7 Å². The average Bonchev–Trinajstić information content (AvgIpc) is 3.70. The quantitative estimate of drug-likeness (QED) is 0.192. The SMILES string of the molecule is CC(C)(C)OC(=O)N1CCCc2c1c(C(F)(F)F)nn2-c1cccc(C(=O)O)c1.CC(C)(C)OC(=O)N1CCc2c(C(F)(F)F)nn(-c3cccc(C(=O)O)c3)c2C1. The Bertz CT molecular complexity index is 2230. The van der Waals surface area contributed by atoms with Gasteiger partial charge >= 0.3 is 36.5 Å². The molecule has 0 fully saturated rings. The molecule has 0 radical (unpaired) electrons. The molecule has 0 saturated heterocycles. The first-order chi connectivity index (χ1) is 26.7. The van der Waals surface area contributed by atoms with Gasteiger partial charge in [-0.3, -0.25) is 4.90 Å². The van der Waals surface area contributed by atoms with E-state index in [-0.39, 0.29) is 77.6 Å². The fourth-order valence-corrected chi connectivity index (χ4v) is 6.26. The molecule has 0 saturated carbocycles. The second-order valence-corrected chi connectivity index (χ2v) is 15.3. The molecule has 58 heavy (non-hydrogen) atoms. The van der Waals surface area contributed by atoms with Crippen LogP contribution in [-0.2, 0) is 41.2 Å². The number of fused-ring (bicyclic) bond motifs is 2. The molecule has 14 nitrogen and oxygen atoms in total. The van der Waals surface area contributed by atoms with Crippen LogP contribution in [0.15, 0.2) is 48.5 Å². The minimum absolute atomic E-state index is 0.00182. The number of aromatic nitrogens is 4. The summed E-state index contributed by atoms with van der Waals surface area (Å²) in [5.41, 5.74) is -3.68. The standard InChI is InChI=1S/2C19H20F3N3O4/c1-18(2,3)29-17(28)24-9-5-8-13-14(24)15(19(20,21)22)23-25(13)12-7-4-6-11(10-12)16(26)27;1-18(2,3)29-17(28)24-8-7-13-14(10-24)25(23-15(13)19(20,21)22)12-6-4-5-11(9-12)16(26)27/h4,6-7,10H,5,8-9H2,1-3H3,(H,26,27);4-6,9H,7-8,10H2,1-3H3,(H,26,27). The largest absolute Gasteiger partial charge is 0.478 e. The summed E-state index contributed by atoms with van der Waals surface area (Å²) in [6.45, 7) is 9.96. The molecule has 4 heterocycles. The number of carbonyl (C=O) groups is 4. The van der Waals surface area contributed by atoms with Crippen LogP contribution in [0.25, 0.3) is 11.4 Å². The fourth-order valence-electron chi connectivity index (χ4n) is 6.26. The molecule has 4 aromatic rings. The number of anilines is 1. The molecule has 6 rings (SSSR count). The Hall–Kier alpha value is -6.08. The summed E-state index contributed by atoms with van der Waals surface area (Å²) in [5, 5.41) is 25.8. The first-order valence-electron chi connectivity index (χ1n) is 17.8. The number of carboxylic acid groups (broad SMARTS) is 2. The van der Waals surface area contributed by atoms with E-state index in [0.717, 1.165) is 14.3 Å². The van der Waals surface area contributed by atoms with Crippen LogP contribution in [0.5, 0.6) is 0 Å². The highest BCUT2D eigenvalue weighted by molar-refractivity contribution is 5.91. The number of rotatable bonds is 4. The van der Waals surface area contributed by atoms with Gasteiger partial charge in [-0.1, -0.05) is 12.1 Å². The third-order valence-electron chi connectivity index (χ3n) is 8.56. The minimum Gasteiger partial charge on any atom is -0.478 e. The van der Waals surface area contributed by atoms with Gasteiger partial charge in [0.2, 0.25) is 0 Å². The topological polar surface area (TPSA) is 169 Å². The minimum atomic E-state index is -4.81. The van der Waals surface area contributed by atoms with Gasteiger partial charge in [0.1, 0.15) is 16.9 Å². The Balaban J connectivity index is 0.000000221. The van der Waals surface area contributed by atoms with E-state index in [2.05, 4.69) is 10.2 Å². The highest BCUT2D eigenvalue weighted by atomic mass is 19.4. The van der Waals surface area contributed by atoms with Crippen molar-refractivity contribution in [3.63, 3.8) is 0 Å². The van der Waals surface area contributed by atoms with E-state index < -0.39 is 59.1 Å². The predicted molar refractivity (Wildman–Crippen MR) is 193 cm³/mol. The second kappa shape index (κ2) is 15.7. The molecule has 0 aliphatic carbocycles. The number of amides is 2. The zero-order valence-electron chi connectivity index (χ0n) is 32.2. The second-order valence-electron chi connectivity index (χ2n) is 15.3. The van der Waals surface area contributed by atoms with Crippen LogP contribution >= 0.6 is 0 Å². The average molecular weight is 823 g/mol. The first-order valence-corrected chi connectivity index (χ1v) is 17.8. The van der Waals surface area contributed by atoms with Crippen molar-refractivity contribution in [1.29, 1.82) is 0 Å². The summed E-state index contributed by atoms with van der Waals surface area (Å²) < 4.78 is 94.5. The molecule has 2 aromatic carbocycles. The number of hydrogen-bond acceptors (Lipinski definition) is 8. The number of benzene rings is 2. The molecule has 0 unspecified atom stereocenters. The Labute approximate surface area is 327 Å². The lowest BCUT2D eigenvalue weighted by Crippen LogP contribution is -2.40. The molecular formula is C38H40F6N6O8. The van der Waals surface area contributed by atoms with Crippen LogP contribution in [0.1, 0.15) is 97.0 Å². The number of aromatic carboxylic acids is 2. The van der Waals surface area contributed by atoms with Gasteiger partial charge in [0.15, 0.2) is 11.4 Å². The monoisotopic (exact) mass is 822 g/mol. The van der Waals surface area contributed by atoms with Crippen LogP contribution in [0.4, 0.5) is 41.6 Å². The molecule has 312 valence electrons. The first kappa shape index (κ1) is 43.1. The van der Waals surface area contributed by atoms with Gasteiger partial charge in [0.05, 0.1) is 40.4 Å². The molecule has 2 aliphatic rings. The van der Waals surface area contributed by atoms with E-state index in [9.17, 15) is 55.7 Å². The Kier molecular flexibility index (Phi) is 11.6. The molecule has 0 atom stereocenters. The zero-order valence-corrected chi connectivity index (χ0v) is 32.2. The smallest absolute Gasteiger partial charge is 0.437 e. The molecule has 0 bridgehead atoms. The van der Waals surface area contributed by atoms with E-state index in [4.69, 9.17) is 9.47 Å². The van der Waals surface area contributed by atoms with Gasteiger partial charge in [-0.15, -0.1) is 0 Å². The number of alkyl halides is 6. The van der Waals surface area contributed by atoms with Crippen molar-refractivity contribution in [2.24, 2.45) is 0 Å². The Morgan fingerprint density at radius 3 is 1.62 bits per heavy atom. The number of nitrogens with zero attached hydrogens (tertiary/aromatic N) is 6. The van der Waals surface area contributed by atoms with Gasteiger partial charge in [0.25, 0.3) is 0 Å². The van der Waals surface area contributed by atoms with Crippen molar-refractivity contribution in [2.75, 3.05) is 18.0 Å². The van der Waals surface area contributed by atoms with E-state index in [0.29, 0.717) is 6.42 Å². The summed E-state index contributed by atoms with van der Waals surface area (Å²) in [5.74, 6) is -2.42. The number of halogens is 6. The normalized spacial score (nSPS) is 14.5. The molecule has 0 spiro atoms. The summed E-state index contributed by atoms with van der Waals surface area (Å²) in [7, 11) is 0. The third-order valence-corrected chi connectivity index (χ3v) is 8.56. The molecule has 20 heteroatoms. The van der Waals surface area contributed by atoms with E-state index in [1.54, 1.807) is 41.5 Å². The van der Waals surface area contributed by atoms with E-state index in [1.165, 1.54) is 53.4 Å².